The van der Waals surface area contributed by atoms with Crippen LogP contribution >= 0.6 is 23.2 Å². The average Bonchev–Trinajstić information content (AvgIpc) is 2.54. The van der Waals surface area contributed by atoms with Crippen molar-refractivity contribution < 1.29 is 4.39 Å². The maximum absolute atomic E-state index is 13.7. The zero-order valence-corrected chi connectivity index (χ0v) is 13.1. The fourth-order valence-corrected chi connectivity index (χ4v) is 2.34. The van der Waals surface area contributed by atoms with Gasteiger partial charge in [0.2, 0.25) is 5.95 Å². The lowest BCUT2D eigenvalue weighted by atomic mass is 10.3. The Morgan fingerprint density at radius 2 is 1.65 bits per heavy atom. The molecule has 5 nitrogen and oxygen atoms in total. The topological polar surface area (TPSA) is 62.7 Å². The van der Waals surface area contributed by atoms with Gasteiger partial charge in [-0.1, -0.05) is 41.4 Å². The third kappa shape index (κ3) is 3.67. The van der Waals surface area contributed by atoms with Gasteiger partial charge in [-0.15, -0.1) is 5.10 Å². The number of anilines is 4. The fraction of sp³-hybridized carbons (Fsp3) is 0. The maximum Gasteiger partial charge on any atom is 0.249 e. The molecule has 0 saturated heterocycles. The van der Waals surface area contributed by atoms with Crippen molar-refractivity contribution in [2.45, 2.75) is 0 Å². The quantitative estimate of drug-likeness (QED) is 0.707. The molecule has 1 heterocycles. The first-order valence-corrected chi connectivity index (χ1v) is 7.31. The third-order valence-corrected chi connectivity index (χ3v) is 3.52. The predicted molar refractivity (Wildman–Crippen MR) is 89.3 cm³/mol. The summed E-state index contributed by atoms with van der Waals surface area (Å²) in [5.41, 5.74) is 0.760. The monoisotopic (exact) mass is 349 g/mol. The van der Waals surface area contributed by atoms with E-state index in [4.69, 9.17) is 23.2 Å². The fourth-order valence-electron chi connectivity index (χ4n) is 1.85. The summed E-state index contributed by atoms with van der Waals surface area (Å²) in [5, 5.41) is 14.3. The van der Waals surface area contributed by atoms with E-state index in [0.29, 0.717) is 21.6 Å². The summed E-state index contributed by atoms with van der Waals surface area (Å²) in [6.07, 6.45) is 1.38. The molecule has 0 bridgehead atoms. The number of benzene rings is 2. The summed E-state index contributed by atoms with van der Waals surface area (Å²) >= 11 is 12.2. The standard InChI is InChI=1S/C15H10Cl2FN5/c16-9-4-3-5-10(17)14(9)22-15-21-13(8-19-23-15)20-12-7-2-1-6-11(12)18/h1-8H,(H2,20,21,22,23). The second kappa shape index (κ2) is 6.76. The van der Waals surface area contributed by atoms with Gasteiger partial charge in [0.25, 0.3) is 0 Å². The number of nitrogens with zero attached hydrogens (tertiary/aromatic N) is 3. The lowest BCUT2D eigenvalue weighted by Crippen LogP contribution is -2.03. The molecule has 0 unspecified atom stereocenters. The minimum atomic E-state index is -0.394. The van der Waals surface area contributed by atoms with E-state index in [1.165, 1.54) is 12.3 Å². The molecule has 0 amide bonds. The van der Waals surface area contributed by atoms with Crippen molar-refractivity contribution in [3.05, 3.63) is 64.5 Å². The van der Waals surface area contributed by atoms with Gasteiger partial charge in [-0.3, -0.25) is 0 Å². The molecular formula is C15H10Cl2FN5. The average molecular weight is 350 g/mol. The molecule has 0 aliphatic rings. The van der Waals surface area contributed by atoms with E-state index in [9.17, 15) is 4.39 Å². The number of aromatic nitrogens is 3. The smallest absolute Gasteiger partial charge is 0.249 e. The second-order valence-electron chi connectivity index (χ2n) is 4.49. The molecule has 0 radical (unpaired) electrons. The Bertz CT molecular complexity index is 823. The first-order chi connectivity index (χ1) is 11.1. The Morgan fingerprint density at radius 3 is 2.39 bits per heavy atom. The largest absolute Gasteiger partial charge is 0.336 e. The first-order valence-electron chi connectivity index (χ1n) is 6.56. The maximum atomic E-state index is 13.7. The SMILES string of the molecule is Fc1ccccc1Nc1cnnc(Nc2c(Cl)cccc2Cl)n1. The highest BCUT2D eigenvalue weighted by atomic mass is 35.5. The van der Waals surface area contributed by atoms with Gasteiger partial charge in [0, 0.05) is 0 Å². The van der Waals surface area contributed by atoms with Crippen LogP contribution in [0, 0.1) is 5.82 Å². The van der Waals surface area contributed by atoms with Crippen LogP contribution in [0.3, 0.4) is 0 Å². The minimum absolute atomic E-state index is 0.182. The summed E-state index contributed by atoms with van der Waals surface area (Å²) < 4.78 is 13.7. The zero-order chi connectivity index (χ0) is 16.2. The van der Waals surface area contributed by atoms with Crippen LogP contribution in [-0.2, 0) is 0 Å². The van der Waals surface area contributed by atoms with Crippen molar-refractivity contribution in [2.75, 3.05) is 10.6 Å². The van der Waals surface area contributed by atoms with E-state index >= 15 is 0 Å². The van der Waals surface area contributed by atoms with E-state index in [0.717, 1.165) is 0 Å². The lowest BCUT2D eigenvalue weighted by Gasteiger charge is -2.10. The van der Waals surface area contributed by atoms with E-state index in [2.05, 4.69) is 25.8 Å². The predicted octanol–water partition coefficient (Wildman–Crippen LogP) is 4.80. The highest BCUT2D eigenvalue weighted by molar-refractivity contribution is 6.39. The second-order valence-corrected chi connectivity index (χ2v) is 5.31. The molecule has 0 saturated carbocycles. The normalized spacial score (nSPS) is 10.4. The zero-order valence-electron chi connectivity index (χ0n) is 11.6. The molecule has 3 rings (SSSR count). The summed E-state index contributed by atoms with van der Waals surface area (Å²) in [4.78, 5) is 4.21. The van der Waals surface area contributed by atoms with Gasteiger partial charge in [-0.05, 0) is 24.3 Å². The van der Waals surface area contributed by atoms with Crippen LogP contribution in [0.4, 0.5) is 27.5 Å². The summed E-state index contributed by atoms with van der Waals surface area (Å²) in [5.74, 6) is 0.117. The third-order valence-electron chi connectivity index (χ3n) is 2.89. The van der Waals surface area contributed by atoms with Crippen LogP contribution < -0.4 is 10.6 Å². The molecule has 3 aromatic rings. The summed E-state index contributed by atoms with van der Waals surface area (Å²) in [6, 6.07) is 11.4. The number of halogens is 3. The van der Waals surface area contributed by atoms with Gasteiger partial charge in [0.05, 0.1) is 27.6 Å². The number of para-hydroxylation sites is 2. The molecule has 0 atom stereocenters. The highest BCUT2D eigenvalue weighted by Crippen LogP contribution is 2.31. The van der Waals surface area contributed by atoms with Gasteiger partial charge in [-0.25, -0.2) is 4.39 Å². The molecule has 0 aliphatic heterocycles. The number of nitrogens with one attached hydrogen (secondary N) is 2. The molecule has 0 aliphatic carbocycles. The van der Waals surface area contributed by atoms with Gasteiger partial charge >= 0.3 is 0 Å². The van der Waals surface area contributed by atoms with E-state index < -0.39 is 5.82 Å². The minimum Gasteiger partial charge on any atom is -0.336 e. The molecule has 0 fully saturated rings. The van der Waals surface area contributed by atoms with Gasteiger partial charge in [-0.2, -0.15) is 10.1 Å². The summed E-state index contributed by atoms with van der Waals surface area (Å²) in [6.45, 7) is 0. The van der Waals surface area contributed by atoms with Crippen LogP contribution in [0.15, 0.2) is 48.7 Å². The van der Waals surface area contributed by atoms with Crippen molar-refractivity contribution >= 4 is 46.3 Å². The van der Waals surface area contributed by atoms with Crippen molar-refractivity contribution in [1.82, 2.24) is 15.2 Å². The van der Waals surface area contributed by atoms with Crippen LogP contribution in [0.1, 0.15) is 0 Å². The van der Waals surface area contributed by atoms with Gasteiger partial charge in [0.15, 0.2) is 5.82 Å². The molecule has 116 valence electrons. The lowest BCUT2D eigenvalue weighted by molar-refractivity contribution is 0.632. The highest BCUT2D eigenvalue weighted by Gasteiger charge is 2.09. The Labute approximate surface area is 141 Å². The van der Waals surface area contributed by atoms with E-state index in [1.54, 1.807) is 36.4 Å². The molecule has 2 aromatic carbocycles. The van der Waals surface area contributed by atoms with Crippen molar-refractivity contribution in [2.24, 2.45) is 0 Å². The molecular weight excluding hydrogens is 340 g/mol. The summed E-state index contributed by atoms with van der Waals surface area (Å²) in [7, 11) is 0. The van der Waals surface area contributed by atoms with Crippen molar-refractivity contribution in [3.8, 4) is 0 Å². The number of rotatable bonds is 4. The van der Waals surface area contributed by atoms with Crippen LogP contribution in [-0.4, -0.2) is 15.2 Å². The van der Waals surface area contributed by atoms with Crippen LogP contribution in [0.2, 0.25) is 10.0 Å². The van der Waals surface area contributed by atoms with Gasteiger partial charge < -0.3 is 10.6 Å². The van der Waals surface area contributed by atoms with Crippen LogP contribution in [0.25, 0.3) is 0 Å². The molecule has 1 aromatic heterocycles. The van der Waals surface area contributed by atoms with Crippen LogP contribution in [0.5, 0.6) is 0 Å². The van der Waals surface area contributed by atoms with E-state index in [1.807, 2.05) is 0 Å². The molecule has 0 spiro atoms. The van der Waals surface area contributed by atoms with Gasteiger partial charge in [0.1, 0.15) is 5.82 Å². The first kappa shape index (κ1) is 15.5. The Kier molecular flexibility index (Phi) is 4.55. The Balaban J connectivity index is 1.84. The molecule has 23 heavy (non-hydrogen) atoms. The Hall–Kier alpha value is -2.44. The van der Waals surface area contributed by atoms with E-state index in [-0.39, 0.29) is 11.6 Å². The molecule has 2 N–H and O–H groups in total. The van der Waals surface area contributed by atoms with Crippen molar-refractivity contribution in [1.29, 1.82) is 0 Å². The molecule has 8 heteroatoms. The Morgan fingerprint density at radius 1 is 0.913 bits per heavy atom. The number of hydrogen-bond donors (Lipinski definition) is 2. The number of hydrogen-bond acceptors (Lipinski definition) is 5. The van der Waals surface area contributed by atoms with Crippen molar-refractivity contribution in [3.63, 3.8) is 0 Å².